The Bertz CT molecular complexity index is 1290. The van der Waals surface area contributed by atoms with E-state index in [1.54, 1.807) is 45.0 Å². The first-order valence-corrected chi connectivity index (χ1v) is 13.6. The van der Waals surface area contributed by atoms with Crippen molar-refractivity contribution in [1.29, 1.82) is 0 Å². The van der Waals surface area contributed by atoms with E-state index in [1.165, 1.54) is 18.2 Å². The minimum atomic E-state index is -2.07. The number of fused-ring (bicyclic) bond motifs is 5. The third kappa shape index (κ3) is 3.66. The molecule has 9 heteroatoms. The van der Waals surface area contributed by atoms with Gasteiger partial charge in [0, 0.05) is 22.8 Å². The SMILES string of the molecule is CC1C[C@H]2[C@@H]3CC(C)[C@](O)(C(=O)COCc4ccccc4[N+](=O)[O-])[C@@]3(C)CC(O)[C@]2(F)[C@@]2(C)C=CC(=O)C=C12. The first-order chi connectivity index (χ1) is 18.2. The maximum absolute atomic E-state index is 17.4. The van der Waals surface area contributed by atoms with Crippen molar-refractivity contribution in [3.05, 3.63) is 63.7 Å². The summed E-state index contributed by atoms with van der Waals surface area (Å²) in [6.45, 7) is 6.59. The summed E-state index contributed by atoms with van der Waals surface area (Å²) >= 11 is 0. The number of Topliss-reactive ketones (excluding diaryl/α,β-unsaturated/α-hetero) is 1. The highest BCUT2D eigenvalue weighted by Gasteiger charge is 2.76. The second-order valence-corrected chi connectivity index (χ2v) is 12.5. The van der Waals surface area contributed by atoms with Crippen molar-refractivity contribution in [3.8, 4) is 0 Å². The predicted molar refractivity (Wildman–Crippen MR) is 140 cm³/mol. The zero-order valence-electron chi connectivity index (χ0n) is 22.7. The molecule has 0 aromatic heterocycles. The number of carbonyl (C=O) groups excluding carboxylic acids is 2. The number of carbonyl (C=O) groups is 2. The molecule has 0 saturated heterocycles. The normalized spacial score (nSPS) is 42.8. The number of ether oxygens (including phenoxy) is 1. The topological polar surface area (TPSA) is 127 Å². The molecule has 0 amide bonds. The van der Waals surface area contributed by atoms with Crippen LogP contribution in [-0.2, 0) is 20.9 Å². The van der Waals surface area contributed by atoms with E-state index in [9.17, 15) is 29.9 Å². The molecule has 2 N–H and O–H groups in total. The van der Waals surface area contributed by atoms with Crippen molar-refractivity contribution in [2.45, 2.75) is 70.9 Å². The number of para-hydroxylation sites is 1. The molecule has 210 valence electrons. The molecule has 1 aromatic rings. The number of ketones is 2. The Labute approximate surface area is 227 Å². The van der Waals surface area contributed by atoms with Crippen LogP contribution in [0.15, 0.2) is 48.1 Å². The van der Waals surface area contributed by atoms with E-state index in [0.717, 1.165) is 0 Å². The van der Waals surface area contributed by atoms with E-state index < -0.39 is 63.3 Å². The summed E-state index contributed by atoms with van der Waals surface area (Å²) in [6, 6.07) is 6.09. The summed E-state index contributed by atoms with van der Waals surface area (Å²) in [6.07, 6.45) is 3.64. The van der Waals surface area contributed by atoms with E-state index in [0.29, 0.717) is 24.0 Å². The van der Waals surface area contributed by atoms with Crippen molar-refractivity contribution >= 4 is 17.3 Å². The highest BCUT2D eigenvalue weighted by molar-refractivity contribution is 6.01. The number of aliphatic hydroxyl groups is 2. The fourth-order valence-electron chi connectivity index (χ4n) is 8.70. The van der Waals surface area contributed by atoms with Gasteiger partial charge in [0.15, 0.2) is 17.2 Å². The Morgan fingerprint density at radius 2 is 1.90 bits per heavy atom. The van der Waals surface area contributed by atoms with E-state index in [2.05, 4.69) is 0 Å². The lowest BCUT2D eigenvalue weighted by Crippen LogP contribution is -2.70. The minimum absolute atomic E-state index is 0.114. The van der Waals surface area contributed by atoms with Gasteiger partial charge in [-0.3, -0.25) is 19.7 Å². The van der Waals surface area contributed by atoms with Gasteiger partial charge in [-0.1, -0.05) is 44.6 Å². The Hall–Kier alpha value is -2.75. The Kier molecular flexibility index (Phi) is 6.52. The molecule has 39 heavy (non-hydrogen) atoms. The lowest BCUT2D eigenvalue weighted by molar-refractivity contribution is -0.385. The fraction of sp³-hybridized carbons (Fsp3) is 0.600. The van der Waals surface area contributed by atoms with Crippen molar-refractivity contribution in [1.82, 2.24) is 0 Å². The number of nitro groups is 1. The number of hydrogen-bond donors (Lipinski definition) is 2. The van der Waals surface area contributed by atoms with Gasteiger partial charge in [-0.2, -0.15) is 0 Å². The molecule has 8 nitrogen and oxygen atoms in total. The molecule has 3 unspecified atom stereocenters. The number of allylic oxidation sites excluding steroid dienone is 4. The fourth-order valence-corrected chi connectivity index (χ4v) is 8.70. The standard InChI is InChI=1S/C30H36FNO7/c1-17-11-23-22-12-18(2)30(36,26(35)16-39-15-19-7-5-6-8-24(19)32(37)38)28(22,4)14-25(34)29(23,31)27(3)10-9-20(33)13-21(17)27/h5-10,13,17-18,22-23,25,34,36H,11-12,14-16H2,1-4H3/t17?,18?,22-,23-,25?,27-,28-,29-,30-/m0/s1. The monoisotopic (exact) mass is 541 g/mol. The molecule has 0 bridgehead atoms. The third-order valence-electron chi connectivity index (χ3n) is 10.7. The van der Waals surface area contributed by atoms with E-state index in [-0.39, 0.29) is 30.4 Å². The predicted octanol–water partition coefficient (Wildman–Crippen LogP) is 4.27. The van der Waals surface area contributed by atoms with Crippen LogP contribution in [-0.4, -0.2) is 50.7 Å². The molecule has 1 aromatic carbocycles. The van der Waals surface area contributed by atoms with E-state index in [4.69, 9.17) is 4.74 Å². The zero-order chi connectivity index (χ0) is 28.5. The summed E-state index contributed by atoms with van der Waals surface area (Å²) in [5.41, 5.74) is -5.36. The minimum Gasteiger partial charge on any atom is -0.390 e. The van der Waals surface area contributed by atoms with Gasteiger partial charge in [0.05, 0.1) is 23.2 Å². The van der Waals surface area contributed by atoms with Crippen LogP contribution in [0.5, 0.6) is 0 Å². The number of alkyl halides is 1. The van der Waals surface area contributed by atoms with Gasteiger partial charge in [-0.25, -0.2) is 4.39 Å². The number of halogens is 1. The largest absolute Gasteiger partial charge is 0.390 e. The number of hydrogen-bond acceptors (Lipinski definition) is 7. The van der Waals surface area contributed by atoms with Crippen LogP contribution in [0.3, 0.4) is 0 Å². The number of benzene rings is 1. The molecule has 0 spiro atoms. The van der Waals surface area contributed by atoms with Gasteiger partial charge in [-0.05, 0) is 62.2 Å². The summed E-state index contributed by atoms with van der Waals surface area (Å²) in [5.74, 6) is -2.43. The highest BCUT2D eigenvalue weighted by atomic mass is 19.1. The van der Waals surface area contributed by atoms with Gasteiger partial charge < -0.3 is 14.9 Å². The maximum atomic E-state index is 17.4. The van der Waals surface area contributed by atoms with Crippen molar-refractivity contribution in [2.75, 3.05) is 6.61 Å². The second kappa shape index (κ2) is 9.14. The number of nitrogens with zero attached hydrogens (tertiary/aromatic N) is 1. The van der Waals surface area contributed by atoms with Gasteiger partial charge in [0.2, 0.25) is 0 Å². The van der Waals surface area contributed by atoms with Gasteiger partial charge in [0.25, 0.3) is 5.69 Å². The Morgan fingerprint density at radius 3 is 2.59 bits per heavy atom. The van der Waals surface area contributed by atoms with Crippen LogP contribution in [0.4, 0.5) is 10.1 Å². The molecular weight excluding hydrogens is 505 g/mol. The molecule has 3 saturated carbocycles. The molecule has 3 fully saturated rings. The summed E-state index contributed by atoms with van der Waals surface area (Å²) in [5, 5.41) is 34.9. The number of rotatable bonds is 6. The molecule has 0 heterocycles. The number of aliphatic hydroxyl groups excluding tert-OH is 1. The van der Waals surface area contributed by atoms with Crippen molar-refractivity contribution < 1.29 is 33.9 Å². The summed E-state index contributed by atoms with van der Waals surface area (Å²) < 4.78 is 23.0. The molecule has 0 radical (unpaired) electrons. The summed E-state index contributed by atoms with van der Waals surface area (Å²) in [7, 11) is 0. The molecule has 4 aliphatic carbocycles. The van der Waals surface area contributed by atoms with Crippen LogP contribution < -0.4 is 0 Å². The zero-order valence-corrected chi connectivity index (χ0v) is 22.7. The quantitative estimate of drug-likeness (QED) is 0.407. The third-order valence-corrected chi connectivity index (χ3v) is 10.7. The first-order valence-electron chi connectivity index (χ1n) is 13.6. The molecule has 4 aliphatic rings. The summed E-state index contributed by atoms with van der Waals surface area (Å²) in [4.78, 5) is 36.6. The smallest absolute Gasteiger partial charge is 0.274 e. The van der Waals surface area contributed by atoms with Crippen LogP contribution >= 0.6 is 0 Å². The average molecular weight is 542 g/mol. The van der Waals surface area contributed by atoms with Crippen molar-refractivity contribution in [2.24, 2.45) is 34.5 Å². The lowest BCUT2D eigenvalue weighted by atomic mass is 9.43. The van der Waals surface area contributed by atoms with Crippen LogP contribution in [0.2, 0.25) is 0 Å². The van der Waals surface area contributed by atoms with Gasteiger partial charge in [-0.15, -0.1) is 0 Å². The van der Waals surface area contributed by atoms with E-state index in [1.807, 2.05) is 6.92 Å². The molecule has 9 atom stereocenters. The van der Waals surface area contributed by atoms with Gasteiger partial charge in [0.1, 0.15) is 12.2 Å². The van der Waals surface area contributed by atoms with Crippen LogP contribution in [0.25, 0.3) is 0 Å². The molecular formula is C30H36FNO7. The van der Waals surface area contributed by atoms with Crippen LogP contribution in [0.1, 0.15) is 52.5 Å². The second-order valence-electron chi connectivity index (χ2n) is 12.5. The Balaban J connectivity index is 1.43. The Morgan fingerprint density at radius 1 is 1.21 bits per heavy atom. The molecule has 0 aliphatic heterocycles. The maximum Gasteiger partial charge on any atom is 0.274 e. The average Bonchev–Trinajstić information content (AvgIpc) is 3.08. The lowest BCUT2D eigenvalue weighted by Gasteiger charge is -2.63. The highest BCUT2D eigenvalue weighted by Crippen LogP contribution is 2.71. The molecule has 5 rings (SSSR count). The first kappa shape index (κ1) is 27.8. The van der Waals surface area contributed by atoms with Crippen molar-refractivity contribution in [3.63, 3.8) is 0 Å². The van der Waals surface area contributed by atoms with Crippen LogP contribution in [0, 0.1) is 44.6 Å². The van der Waals surface area contributed by atoms with Gasteiger partial charge >= 0.3 is 0 Å². The number of nitro benzene ring substituents is 1. The van der Waals surface area contributed by atoms with E-state index >= 15 is 4.39 Å².